The van der Waals surface area contributed by atoms with Gasteiger partial charge in [-0.25, -0.2) is 0 Å². The Morgan fingerprint density at radius 2 is 1.89 bits per heavy atom. The third-order valence-corrected chi connectivity index (χ3v) is 5.41. The highest BCUT2D eigenvalue weighted by atomic mass is 32.2. The summed E-state index contributed by atoms with van der Waals surface area (Å²) in [7, 11) is 0. The molecule has 1 aliphatic rings. The normalized spacial score (nSPS) is 14.5. The number of carbonyl (C=O) groups is 1. The molecule has 2 aromatic rings. The number of nitrogens with zero attached hydrogens (tertiary/aromatic N) is 1. The number of rotatable bonds is 6. The van der Waals surface area contributed by atoms with Gasteiger partial charge in [0.2, 0.25) is 0 Å². The average molecular weight is 396 g/mol. The highest BCUT2D eigenvalue weighted by Gasteiger charge is 2.15. The van der Waals surface area contributed by atoms with Crippen LogP contribution >= 0.6 is 11.8 Å². The van der Waals surface area contributed by atoms with Crippen LogP contribution in [0.1, 0.15) is 40.4 Å². The molecule has 0 aliphatic carbocycles. The molecule has 6 nitrogen and oxygen atoms in total. The number of hydrogen-bond acceptors (Lipinski definition) is 6. The number of non-ortho nitro benzene ring substituents is 1. The fourth-order valence-corrected chi connectivity index (χ4v) is 3.52. The first-order chi connectivity index (χ1) is 13.4. The second-order valence-corrected chi connectivity index (χ2v) is 7.23. The van der Waals surface area contributed by atoms with Gasteiger partial charge >= 0.3 is 0 Å². The Bertz CT molecular complexity index is 994. The Balaban J connectivity index is 1.69. The fraction of sp³-hybridized carbons (Fsp3) is 0.190. The topological polar surface area (TPSA) is 81.5 Å². The number of benzene rings is 2. The summed E-state index contributed by atoms with van der Waals surface area (Å²) in [6.07, 6.45) is 2.10. The maximum absolute atomic E-state index is 12.0. The van der Waals surface area contributed by atoms with E-state index in [1.54, 1.807) is 24.5 Å². The van der Waals surface area contributed by atoms with Crippen LogP contribution in [0.5, 0.6) is 5.75 Å². The van der Waals surface area contributed by atoms with Crippen LogP contribution < -0.4 is 10.1 Å². The molecule has 0 fully saturated rings. The fourth-order valence-electron chi connectivity index (χ4n) is 2.81. The van der Waals surface area contributed by atoms with Crippen LogP contribution in [0.2, 0.25) is 0 Å². The lowest BCUT2D eigenvalue weighted by atomic mass is 9.98. The first kappa shape index (κ1) is 19.7. The molecule has 0 unspecified atom stereocenters. The molecule has 0 atom stereocenters. The number of nitro benzene ring substituents is 1. The molecule has 0 amide bonds. The number of hydrogen-bond donors (Lipinski definition) is 1. The van der Waals surface area contributed by atoms with Crippen molar-refractivity contribution in [3.8, 4) is 5.75 Å². The van der Waals surface area contributed by atoms with E-state index in [4.69, 9.17) is 4.74 Å². The lowest BCUT2D eigenvalue weighted by Crippen LogP contribution is -2.06. The van der Waals surface area contributed by atoms with Gasteiger partial charge in [-0.15, -0.1) is 0 Å². The monoisotopic (exact) mass is 396 g/mol. The maximum Gasteiger partial charge on any atom is 0.269 e. The minimum atomic E-state index is -0.419. The van der Waals surface area contributed by atoms with Gasteiger partial charge in [0.25, 0.3) is 5.69 Å². The number of ketones is 1. The zero-order valence-electron chi connectivity index (χ0n) is 15.8. The van der Waals surface area contributed by atoms with E-state index in [0.29, 0.717) is 12.2 Å². The zero-order valence-corrected chi connectivity index (χ0v) is 16.6. The van der Waals surface area contributed by atoms with Crippen LogP contribution in [0, 0.1) is 24.0 Å². The second-order valence-electron chi connectivity index (χ2n) is 6.32. The molecule has 0 bridgehead atoms. The zero-order chi connectivity index (χ0) is 20.3. The number of nitro groups is 1. The van der Waals surface area contributed by atoms with Crippen molar-refractivity contribution in [2.24, 2.45) is 0 Å². The quantitative estimate of drug-likeness (QED) is 0.308. The number of carbonyl (C=O) groups excluding carboxylic acids is 1. The van der Waals surface area contributed by atoms with Crippen molar-refractivity contribution in [2.45, 2.75) is 27.2 Å². The summed E-state index contributed by atoms with van der Waals surface area (Å²) in [5.41, 5.74) is 4.37. The number of ether oxygens (including phenoxy) is 1. The van der Waals surface area contributed by atoms with Gasteiger partial charge in [-0.3, -0.25) is 14.9 Å². The van der Waals surface area contributed by atoms with Crippen molar-refractivity contribution in [1.29, 1.82) is 0 Å². The van der Waals surface area contributed by atoms with Crippen LogP contribution in [0.25, 0.3) is 5.70 Å². The summed E-state index contributed by atoms with van der Waals surface area (Å²) in [6, 6.07) is 9.99. The van der Waals surface area contributed by atoms with Gasteiger partial charge in [0, 0.05) is 29.5 Å². The Hall–Kier alpha value is -3.06. The van der Waals surface area contributed by atoms with Gasteiger partial charge in [-0.05, 0) is 54.8 Å². The summed E-state index contributed by atoms with van der Waals surface area (Å²) in [6.45, 7) is 5.71. The molecule has 1 heterocycles. The van der Waals surface area contributed by atoms with Gasteiger partial charge in [-0.2, -0.15) is 0 Å². The average Bonchev–Trinajstić information content (AvgIpc) is 3.17. The molecule has 1 N–H and O–H groups in total. The summed E-state index contributed by atoms with van der Waals surface area (Å²) >= 11 is 1.47. The Kier molecular flexibility index (Phi) is 5.84. The molecule has 28 heavy (non-hydrogen) atoms. The van der Waals surface area contributed by atoms with Crippen molar-refractivity contribution in [1.82, 2.24) is 5.32 Å². The van der Waals surface area contributed by atoms with Crippen molar-refractivity contribution in [3.05, 3.63) is 85.5 Å². The van der Waals surface area contributed by atoms with Gasteiger partial charge in [0.15, 0.2) is 5.78 Å². The van der Waals surface area contributed by atoms with Crippen molar-refractivity contribution in [3.63, 3.8) is 0 Å². The Morgan fingerprint density at radius 1 is 1.18 bits per heavy atom. The van der Waals surface area contributed by atoms with Crippen LogP contribution in [0.15, 0.2) is 53.1 Å². The molecular weight excluding hydrogens is 376 g/mol. The second kappa shape index (κ2) is 8.31. The minimum Gasteiger partial charge on any atom is -0.462 e. The van der Waals surface area contributed by atoms with E-state index >= 15 is 0 Å². The first-order valence-corrected chi connectivity index (χ1v) is 9.67. The van der Waals surface area contributed by atoms with Crippen molar-refractivity contribution in [2.75, 3.05) is 0 Å². The minimum absolute atomic E-state index is 0.0601. The number of nitrogens with one attached hydrogen (secondary N) is 1. The van der Waals surface area contributed by atoms with Crippen LogP contribution in [0.3, 0.4) is 0 Å². The smallest absolute Gasteiger partial charge is 0.269 e. The molecule has 1 aliphatic heterocycles. The molecular formula is C21H20N2O4S. The van der Waals surface area contributed by atoms with E-state index in [1.165, 1.54) is 23.9 Å². The van der Waals surface area contributed by atoms with Gasteiger partial charge in [-0.1, -0.05) is 18.7 Å². The standard InChI is InChI=1S/C21H20N2O4S/c1-4-19(24)17-9-10-20(14(3)13(17)2)27-11-21-22-18(12-28-21)15-5-7-16(8-6-15)23(25)26/h5-12,22H,4H2,1-3H3. The van der Waals surface area contributed by atoms with Gasteiger partial charge in [0.05, 0.1) is 10.6 Å². The Morgan fingerprint density at radius 3 is 2.54 bits per heavy atom. The lowest BCUT2D eigenvalue weighted by Gasteiger charge is -2.12. The van der Waals surface area contributed by atoms with Gasteiger partial charge < -0.3 is 10.1 Å². The third kappa shape index (κ3) is 4.09. The highest BCUT2D eigenvalue weighted by molar-refractivity contribution is 8.06. The molecule has 0 saturated carbocycles. The molecule has 0 aromatic heterocycles. The largest absolute Gasteiger partial charge is 0.462 e. The van der Waals surface area contributed by atoms with E-state index < -0.39 is 4.92 Å². The molecule has 144 valence electrons. The van der Waals surface area contributed by atoms with E-state index in [-0.39, 0.29) is 11.5 Å². The maximum atomic E-state index is 12.0. The molecule has 7 heteroatoms. The van der Waals surface area contributed by atoms with Crippen molar-refractivity contribution < 1.29 is 14.5 Å². The summed E-state index contributed by atoms with van der Waals surface area (Å²) < 4.78 is 5.83. The van der Waals surface area contributed by atoms with Crippen LogP contribution in [-0.4, -0.2) is 10.7 Å². The van der Waals surface area contributed by atoms with E-state index in [2.05, 4.69) is 5.32 Å². The third-order valence-electron chi connectivity index (χ3n) is 4.60. The number of thioether (sulfide) groups is 1. The number of Topliss-reactive ketones (excluding diaryl/α,β-unsaturated/α-hetero) is 1. The van der Waals surface area contributed by atoms with Gasteiger partial charge in [0.1, 0.15) is 17.0 Å². The van der Waals surface area contributed by atoms with E-state index in [0.717, 1.165) is 33.0 Å². The molecule has 0 spiro atoms. The predicted molar refractivity (Wildman–Crippen MR) is 111 cm³/mol. The van der Waals surface area contributed by atoms with E-state index in [9.17, 15) is 14.9 Å². The highest BCUT2D eigenvalue weighted by Crippen LogP contribution is 2.32. The summed E-state index contributed by atoms with van der Waals surface area (Å²) in [5, 5.41) is 16.7. The molecule has 0 radical (unpaired) electrons. The van der Waals surface area contributed by atoms with Crippen LogP contribution in [-0.2, 0) is 0 Å². The van der Waals surface area contributed by atoms with Crippen LogP contribution in [0.4, 0.5) is 5.69 Å². The van der Waals surface area contributed by atoms with Crippen molar-refractivity contribution >= 4 is 28.9 Å². The lowest BCUT2D eigenvalue weighted by molar-refractivity contribution is -0.384. The summed E-state index contributed by atoms with van der Waals surface area (Å²) in [4.78, 5) is 22.3. The SMILES string of the molecule is CCC(=O)c1ccc(OC=C2NC(c3ccc([N+](=O)[O-])cc3)=CS2)c(C)c1C. The predicted octanol–water partition coefficient (Wildman–Crippen LogP) is 5.32. The summed E-state index contributed by atoms with van der Waals surface area (Å²) in [5.74, 6) is 0.819. The van der Waals surface area contributed by atoms with E-state index in [1.807, 2.05) is 32.2 Å². The molecule has 0 saturated heterocycles. The molecule has 2 aromatic carbocycles. The first-order valence-electron chi connectivity index (χ1n) is 8.79. The Labute approximate surface area is 167 Å². The molecule has 3 rings (SSSR count).